The number of rotatable bonds is 3. The summed E-state index contributed by atoms with van der Waals surface area (Å²) in [4.78, 5) is 15.5. The molecule has 0 spiro atoms. The van der Waals surface area contributed by atoms with Gasteiger partial charge in [-0.1, -0.05) is 6.07 Å². The minimum absolute atomic E-state index is 0.0253. The Morgan fingerprint density at radius 2 is 2.30 bits per heavy atom. The lowest BCUT2D eigenvalue weighted by Crippen LogP contribution is -2.47. The molecule has 0 bridgehead atoms. The van der Waals surface area contributed by atoms with E-state index >= 15 is 0 Å². The van der Waals surface area contributed by atoms with Crippen molar-refractivity contribution >= 4 is 17.4 Å². The SMILES string of the molecule is Cc1cc([C@H](C)NC(=O)N2CCO[C@H](c3cccs3)C2)c(C)o1. The zero-order valence-electron chi connectivity index (χ0n) is 13.7. The van der Waals surface area contributed by atoms with Crippen LogP contribution in [0, 0.1) is 13.8 Å². The van der Waals surface area contributed by atoms with E-state index in [9.17, 15) is 4.79 Å². The Morgan fingerprint density at radius 3 is 2.96 bits per heavy atom. The predicted octanol–water partition coefficient (Wildman–Crippen LogP) is 3.80. The van der Waals surface area contributed by atoms with Crippen molar-refractivity contribution in [3.8, 4) is 0 Å². The molecule has 2 atom stereocenters. The molecule has 2 amide bonds. The first-order chi connectivity index (χ1) is 11.0. The number of nitrogens with zero attached hydrogens (tertiary/aromatic N) is 1. The van der Waals surface area contributed by atoms with Gasteiger partial charge in [-0.25, -0.2) is 4.79 Å². The largest absolute Gasteiger partial charge is 0.466 e. The fourth-order valence-electron chi connectivity index (χ4n) is 2.91. The van der Waals surface area contributed by atoms with Crippen molar-refractivity contribution in [2.45, 2.75) is 32.9 Å². The second-order valence-electron chi connectivity index (χ2n) is 5.86. The molecule has 1 aliphatic rings. The van der Waals surface area contributed by atoms with Crippen LogP contribution in [0.3, 0.4) is 0 Å². The average molecular weight is 334 g/mol. The number of amides is 2. The smallest absolute Gasteiger partial charge is 0.318 e. The van der Waals surface area contributed by atoms with Crippen LogP contribution >= 0.6 is 11.3 Å². The minimum Gasteiger partial charge on any atom is -0.466 e. The first-order valence-corrected chi connectivity index (χ1v) is 8.70. The fourth-order valence-corrected chi connectivity index (χ4v) is 3.68. The summed E-state index contributed by atoms with van der Waals surface area (Å²) in [6.45, 7) is 7.58. The van der Waals surface area contributed by atoms with Gasteiger partial charge in [-0.15, -0.1) is 11.3 Å². The number of carbonyl (C=O) groups is 1. The lowest BCUT2D eigenvalue weighted by atomic mass is 10.1. The van der Waals surface area contributed by atoms with E-state index in [1.807, 2.05) is 43.2 Å². The summed E-state index contributed by atoms with van der Waals surface area (Å²) in [7, 11) is 0. The highest BCUT2D eigenvalue weighted by Crippen LogP contribution is 2.26. The molecule has 0 saturated carbocycles. The van der Waals surface area contributed by atoms with E-state index < -0.39 is 0 Å². The van der Waals surface area contributed by atoms with Crippen LogP contribution in [-0.2, 0) is 4.74 Å². The van der Waals surface area contributed by atoms with Crippen molar-refractivity contribution in [2.24, 2.45) is 0 Å². The summed E-state index contributed by atoms with van der Waals surface area (Å²) < 4.78 is 11.3. The first kappa shape index (κ1) is 16.1. The second-order valence-corrected chi connectivity index (χ2v) is 6.84. The molecule has 5 nitrogen and oxygen atoms in total. The van der Waals surface area contributed by atoms with Crippen LogP contribution in [0.5, 0.6) is 0 Å². The topological polar surface area (TPSA) is 54.7 Å². The maximum absolute atomic E-state index is 12.5. The maximum atomic E-state index is 12.5. The summed E-state index contributed by atoms with van der Waals surface area (Å²) in [6.07, 6.45) is -0.0253. The van der Waals surface area contributed by atoms with Gasteiger partial charge in [0, 0.05) is 17.0 Å². The molecular weight excluding hydrogens is 312 g/mol. The van der Waals surface area contributed by atoms with Crippen LogP contribution in [0.1, 0.15) is 41.0 Å². The molecule has 1 fully saturated rings. The van der Waals surface area contributed by atoms with Crippen LogP contribution in [0.2, 0.25) is 0 Å². The molecular formula is C17H22N2O3S. The quantitative estimate of drug-likeness (QED) is 0.929. The van der Waals surface area contributed by atoms with Gasteiger partial charge in [0.2, 0.25) is 0 Å². The van der Waals surface area contributed by atoms with E-state index in [1.165, 1.54) is 0 Å². The van der Waals surface area contributed by atoms with Crippen molar-refractivity contribution in [1.29, 1.82) is 0 Å². The lowest BCUT2D eigenvalue weighted by molar-refractivity contribution is -0.0138. The summed E-state index contributed by atoms with van der Waals surface area (Å²) >= 11 is 1.66. The Bertz CT molecular complexity index is 665. The van der Waals surface area contributed by atoms with Gasteiger partial charge in [-0.05, 0) is 38.3 Å². The number of ether oxygens (including phenoxy) is 1. The second kappa shape index (κ2) is 6.76. The highest BCUT2D eigenvalue weighted by Gasteiger charge is 2.27. The zero-order chi connectivity index (χ0) is 16.4. The van der Waals surface area contributed by atoms with Crippen LogP contribution in [0.4, 0.5) is 4.79 Å². The molecule has 2 aromatic heterocycles. The summed E-state index contributed by atoms with van der Waals surface area (Å²) in [5.74, 6) is 1.72. The average Bonchev–Trinajstić information content (AvgIpc) is 3.17. The molecule has 0 radical (unpaired) electrons. The molecule has 124 valence electrons. The minimum atomic E-state index is -0.0806. The van der Waals surface area contributed by atoms with Gasteiger partial charge in [0.25, 0.3) is 0 Å². The number of urea groups is 1. The van der Waals surface area contributed by atoms with Gasteiger partial charge >= 0.3 is 6.03 Å². The highest BCUT2D eigenvalue weighted by atomic mass is 32.1. The van der Waals surface area contributed by atoms with E-state index in [2.05, 4.69) is 11.4 Å². The maximum Gasteiger partial charge on any atom is 0.318 e. The highest BCUT2D eigenvalue weighted by molar-refractivity contribution is 7.10. The molecule has 1 aliphatic heterocycles. The molecule has 2 aromatic rings. The van der Waals surface area contributed by atoms with Crippen LogP contribution in [0.15, 0.2) is 28.0 Å². The summed E-state index contributed by atoms with van der Waals surface area (Å²) in [6, 6.07) is 5.91. The number of morpholine rings is 1. The van der Waals surface area contributed by atoms with Crippen LogP contribution < -0.4 is 5.32 Å². The summed E-state index contributed by atoms with van der Waals surface area (Å²) in [5, 5.41) is 5.09. The normalized spacial score (nSPS) is 19.6. The van der Waals surface area contributed by atoms with Gasteiger partial charge in [0.1, 0.15) is 17.6 Å². The Kier molecular flexibility index (Phi) is 4.73. The lowest BCUT2D eigenvalue weighted by Gasteiger charge is -2.33. The monoisotopic (exact) mass is 334 g/mol. The third kappa shape index (κ3) is 3.59. The molecule has 3 rings (SSSR count). The molecule has 23 heavy (non-hydrogen) atoms. The van der Waals surface area contributed by atoms with Crippen molar-refractivity contribution in [2.75, 3.05) is 19.7 Å². The van der Waals surface area contributed by atoms with Crippen LogP contribution in [0.25, 0.3) is 0 Å². The van der Waals surface area contributed by atoms with Gasteiger partial charge in [-0.2, -0.15) is 0 Å². The van der Waals surface area contributed by atoms with E-state index in [1.54, 1.807) is 11.3 Å². The van der Waals surface area contributed by atoms with E-state index in [0.29, 0.717) is 19.7 Å². The van der Waals surface area contributed by atoms with Gasteiger partial charge < -0.3 is 19.4 Å². The zero-order valence-corrected chi connectivity index (χ0v) is 14.5. The molecule has 0 aliphatic carbocycles. The summed E-state index contributed by atoms with van der Waals surface area (Å²) in [5.41, 5.74) is 1.03. The molecule has 3 heterocycles. The van der Waals surface area contributed by atoms with Crippen molar-refractivity contribution < 1.29 is 13.9 Å². The van der Waals surface area contributed by atoms with E-state index in [0.717, 1.165) is 22.0 Å². The Labute approximate surface area is 140 Å². The molecule has 0 unspecified atom stereocenters. The first-order valence-electron chi connectivity index (χ1n) is 7.82. The van der Waals surface area contributed by atoms with Crippen molar-refractivity contribution in [1.82, 2.24) is 10.2 Å². The fraction of sp³-hybridized carbons (Fsp3) is 0.471. The van der Waals surface area contributed by atoms with Gasteiger partial charge in [0.15, 0.2) is 0 Å². The Balaban J connectivity index is 1.62. The van der Waals surface area contributed by atoms with Crippen LogP contribution in [-0.4, -0.2) is 30.6 Å². The number of nitrogens with one attached hydrogen (secondary N) is 1. The predicted molar refractivity (Wildman–Crippen MR) is 89.7 cm³/mol. The van der Waals surface area contributed by atoms with Crippen molar-refractivity contribution in [3.05, 3.63) is 45.5 Å². The Morgan fingerprint density at radius 1 is 1.48 bits per heavy atom. The number of hydrogen-bond donors (Lipinski definition) is 1. The standard InChI is InChI=1S/C17H22N2O3S/c1-11-9-14(13(3)22-11)12(2)18-17(20)19-6-7-21-15(10-19)16-5-4-8-23-16/h4-5,8-9,12,15H,6-7,10H2,1-3H3,(H,18,20)/t12-,15-/m0/s1. The molecule has 1 N–H and O–H groups in total. The number of aryl methyl sites for hydroxylation is 2. The van der Waals surface area contributed by atoms with E-state index in [-0.39, 0.29) is 18.2 Å². The van der Waals surface area contributed by atoms with E-state index in [4.69, 9.17) is 9.15 Å². The van der Waals surface area contributed by atoms with Crippen molar-refractivity contribution in [3.63, 3.8) is 0 Å². The number of carbonyl (C=O) groups excluding carboxylic acids is 1. The molecule has 1 saturated heterocycles. The number of hydrogen-bond acceptors (Lipinski definition) is 4. The van der Waals surface area contributed by atoms with Gasteiger partial charge in [0.05, 0.1) is 19.2 Å². The number of thiophene rings is 1. The molecule has 0 aromatic carbocycles. The third-order valence-electron chi connectivity index (χ3n) is 4.10. The third-order valence-corrected chi connectivity index (χ3v) is 5.06. The molecule has 6 heteroatoms. The van der Waals surface area contributed by atoms with Gasteiger partial charge in [-0.3, -0.25) is 0 Å². The number of furan rings is 1. The Hall–Kier alpha value is -1.79.